The zero-order chi connectivity index (χ0) is 12.3. The van der Waals surface area contributed by atoms with Crippen LogP contribution in [0.25, 0.3) is 0 Å². The van der Waals surface area contributed by atoms with E-state index in [2.05, 4.69) is 17.2 Å². The molecule has 1 aliphatic rings. The predicted octanol–water partition coefficient (Wildman–Crippen LogP) is 3.22. The Hall–Kier alpha value is -1.10. The fourth-order valence-corrected chi connectivity index (χ4v) is 3.14. The Morgan fingerprint density at radius 2 is 2.47 bits per heavy atom. The average molecular weight is 254 g/mol. The second-order valence-corrected chi connectivity index (χ2v) is 5.65. The maximum atomic E-state index is 10.7. The first-order valence-corrected chi connectivity index (χ1v) is 6.96. The number of carbonyl (C=O) groups is 1. The van der Waals surface area contributed by atoms with Crippen LogP contribution in [0.15, 0.2) is 6.20 Å². The number of carboxylic acids is 1. The molecule has 0 amide bonds. The van der Waals surface area contributed by atoms with Gasteiger partial charge in [-0.05, 0) is 18.8 Å². The summed E-state index contributed by atoms with van der Waals surface area (Å²) < 4.78 is 0. The number of carboxylic acid groups (broad SMARTS) is 1. The summed E-state index contributed by atoms with van der Waals surface area (Å²) in [6.07, 6.45) is 7.59. The summed E-state index contributed by atoms with van der Waals surface area (Å²) in [7, 11) is 0. The summed E-state index contributed by atoms with van der Waals surface area (Å²) in [6, 6.07) is 0.460. The summed E-state index contributed by atoms with van der Waals surface area (Å²) in [5.74, 6) is -0.0919. The topological polar surface area (TPSA) is 62.2 Å². The second kappa shape index (κ2) is 5.49. The van der Waals surface area contributed by atoms with E-state index in [0.717, 1.165) is 11.0 Å². The van der Waals surface area contributed by atoms with Crippen molar-refractivity contribution < 1.29 is 9.90 Å². The highest BCUT2D eigenvalue weighted by atomic mass is 32.1. The molecule has 0 saturated heterocycles. The molecule has 1 saturated carbocycles. The van der Waals surface area contributed by atoms with E-state index in [1.165, 1.54) is 49.6 Å². The molecular formula is C12H18N2O2S. The van der Waals surface area contributed by atoms with E-state index in [0.29, 0.717) is 10.9 Å². The molecule has 2 N–H and O–H groups in total. The van der Waals surface area contributed by atoms with Crippen LogP contribution in [-0.2, 0) is 0 Å². The van der Waals surface area contributed by atoms with Gasteiger partial charge in [-0.15, -0.1) is 0 Å². The summed E-state index contributed by atoms with van der Waals surface area (Å²) in [5, 5.41) is 12.9. The maximum Gasteiger partial charge on any atom is 0.347 e. The van der Waals surface area contributed by atoms with E-state index in [4.69, 9.17) is 5.11 Å². The van der Waals surface area contributed by atoms with Gasteiger partial charge in [-0.3, -0.25) is 0 Å². The van der Waals surface area contributed by atoms with E-state index in [1.807, 2.05) is 0 Å². The molecule has 1 heterocycles. The van der Waals surface area contributed by atoms with Crippen molar-refractivity contribution >= 4 is 22.4 Å². The molecule has 1 aliphatic carbocycles. The number of rotatable bonds is 4. The normalized spacial score (nSPS) is 24.5. The van der Waals surface area contributed by atoms with Gasteiger partial charge >= 0.3 is 5.97 Å². The molecule has 1 aromatic heterocycles. The molecule has 1 aromatic rings. The lowest BCUT2D eigenvalue weighted by Gasteiger charge is -2.28. The summed E-state index contributed by atoms with van der Waals surface area (Å²) in [6.45, 7) is 2.24. The molecule has 0 spiro atoms. The molecule has 94 valence electrons. The van der Waals surface area contributed by atoms with Crippen LogP contribution in [0.2, 0.25) is 0 Å². The standard InChI is InChI=1S/C12H18N2O2S/c1-2-8-4-3-5-9(6-8)14-12-13-7-10(17-12)11(15)16/h7-9H,2-6H2,1H3,(H,13,14)(H,15,16). The number of thiazole rings is 1. The lowest BCUT2D eigenvalue weighted by molar-refractivity contribution is 0.0702. The van der Waals surface area contributed by atoms with Crippen LogP contribution in [0.3, 0.4) is 0 Å². The van der Waals surface area contributed by atoms with Gasteiger partial charge in [0, 0.05) is 6.04 Å². The monoisotopic (exact) mass is 254 g/mol. The summed E-state index contributed by atoms with van der Waals surface area (Å²) in [5.41, 5.74) is 0. The van der Waals surface area contributed by atoms with Gasteiger partial charge in [0.15, 0.2) is 5.13 Å². The van der Waals surface area contributed by atoms with Crippen LogP contribution in [0.1, 0.15) is 48.7 Å². The molecule has 2 rings (SSSR count). The third-order valence-electron chi connectivity index (χ3n) is 3.40. The van der Waals surface area contributed by atoms with Crippen LogP contribution in [0.4, 0.5) is 5.13 Å². The highest BCUT2D eigenvalue weighted by molar-refractivity contribution is 7.17. The predicted molar refractivity (Wildman–Crippen MR) is 68.7 cm³/mol. The highest BCUT2D eigenvalue weighted by Crippen LogP contribution is 2.29. The van der Waals surface area contributed by atoms with Crippen molar-refractivity contribution in [3.8, 4) is 0 Å². The van der Waals surface area contributed by atoms with Crippen molar-refractivity contribution in [3.05, 3.63) is 11.1 Å². The lowest BCUT2D eigenvalue weighted by atomic mass is 9.84. The quantitative estimate of drug-likeness (QED) is 0.866. The van der Waals surface area contributed by atoms with Gasteiger partial charge < -0.3 is 10.4 Å². The van der Waals surface area contributed by atoms with Crippen LogP contribution in [0.5, 0.6) is 0 Å². The second-order valence-electron chi connectivity index (χ2n) is 4.62. The first-order chi connectivity index (χ1) is 8.19. The van der Waals surface area contributed by atoms with Gasteiger partial charge in [-0.25, -0.2) is 9.78 Å². The average Bonchev–Trinajstić information content (AvgIpc) is 2.78. The fraction of sp³-hybridized carbons (Fsp3) is 0.667. The van der Waals surface area contributed by atoms with Crippen molar-refractivity contribution in [2.45, 2.75) is 45.1 Å². The Kier molecular flexibility index (Phi) is 3.99. The molecule has 17 heavy (non-hydrogen) atoms. The van der Waals surface area contributed by atoms with Crippen LogP contribution in [0, 0.1) is 5.92 Å². The van der Waals surface area contributed by atoms with Gasteiger partial charge in [0.2, 0.25) is 0 Å². The molecule has 4 nitrogen and oxygen atoms in total. The third-order valence-corrected chi connectivity index (χ3v) is 4.32. The van der Waals surface area contributed by atoms with Crippen molar-refractivity contribution in [3.63, 3.8) is 0 Å². The number of aromatic carboxylic acids is 1. The smallest absolute Gasteiger partial charge is 0.347 e. The van der Waals surface area contributed by atoms with Crippen molar-refractivity contribution in [2.24, 2.45) is 5.92 Å². The minimum Gasteiger partial charge on any atom is -0.477 e. The number of anilines is 1. The largest absolute Gasteiger partial charge is 0.477 e. The molecule has 2 unspecified atom stereocenters. The molecular weight excluding hydrogens is 236 g/mol. The molecule has 0 bridgehead atoms. The minimum absolute atomic E-state index is 0.301. The van der Waals surface area contributed by atoms with Gasteiger partial charge in [0.05, 0.1) is 6.20 Å². The molecule has 0 radical (unpaired) electrons. The van der Waals surface area contributed by atoms with Gasteiger partial charge in [-0.2, -0.15) is 0 Å². The van der Waals surface area contributed by atoms with E-state index in [9.17, 15) is 4.79 Å². The van der Waals surface area contributed by atoms with Gasteiger partial charge in [-0.1, -0.05) is 37.5 Å². The first kappa shape index (κ1) is 12.4. The number of nitrogens with one attached hydrogen (secondary N) is 1. The SMILES string of the molecule is CCC1CCCC(Nc2ncc(C(=O)O)s2)C1. The zero-order valence-corrected chi connectivity index (χ0v) is 10.8. The Labute approximate surface area is 105 Å². The molecule has 0 aromatic carbocycles. The molecule has 0 aliphatic heterocycles. The number of nitrogens with zero attached hydrogens (tertiary/aromatic N) is 1. The highest BCUT2D eigenvalue weighted by Gasteiger charge is 2.21. The molecule has 2 atom stereocenters. The summed E-state index contributed by atoms with van der Waals surface area (Å²) >= 11 is 1.22. The van der Waals surface area contributed by atoms with Gasteiger partial charge in [0.25, 0.3) is 0 Å². The van der Waals surface area contributed by atoms with Crippen molar-refractivity contribution in [1.29, 1.82) is 0 Å². The third kappa shape index (κ3) is 3.19. The van der Waals surface area contributed by atoms with Crippen LogP contribution >= 0.6 is 11.3 Å². The zero-order valence-electron chi connectivity index (χ0n) is 9.98. The number of aromatic nitrogens is 1. The molecule has 5 heteroatoms. The minimum atomic E-state index is -0.898. The van der Waals surface area contributed by atoms with Crippen LogP contribution < -0.4 is 5.32 Å². The Morgan fingerprint density at radius 1 is 1.65 bits per heavy atom. The van der Waals surface area contributed by atoms with E-state index >= 15 is 0 Å². The number of hydrogen-bond donors (Lipinski definition) is 2. The van der Waals surface area contributed by atoms with E-state index in [1.54, 1.807) is 0 Å². The van der Waals surface area contributed by atoms with E-state index in [-0.39, 0.29) is 0 Å². The Morgan fingerprint density at radius 3 is 3.12 bits per heavy atom. The van der Waals surface area contributed by atoms with Crippen molar-refractivity contribution in [1.82, 2.24) is 4.98 Å². The number of hydrogen-bond acceptors (Lipinski definition) is 4. The Bertz CT molecular complexity index is 392. The molecule has 1 fully saturated rings. The maximum absolute atomic E-state index is 10.7. The van der Waals surface area contributed by atoms with Crippen LogP contribution in [-0.4, -0.2) is 22.1 Å². The Balaban J connectivity index is 1.93. The lowest BCUT2D eigenvalue weighted by Crippen LogP contribution is -2.26. The first-order valence-electron chi connectivity index (χ1n) is 6.14. The van der Waals surface area contributed by atoms with E-state index < -0.39 is 5.97 Å². The van der Waals surface area contributed by atoms with Crippen molar-refractivity contribution in [2.75, 3.05) is 5.32 Å². The fourth-order valence-electron chi connectivity index (χ4n) is 2.41. The summed E-state index contributed by atoms with van der Waals surface area (Å²) in [4.78, 5) is 15.2. The van der Waals surface area contributed by atoms with Gasteiger partial charge in [0.1, 0.15) is 4.88 Å².